The fourth-order valence-corrected chi connectivity index (χ4v) is 2.43. The van der Waals surface area contributed by atoms with Crippen LogP contribution in [-0.4, -0.2) is 10.9 Å². The molecule has 0 aliphatic carbocycles. The lowest BCUT2D eigenvalue weighted by Gasteiger charge is -2.39. The van der Waals surface area contributed by atoms with Crippen LogP contribution in [0.1, 0.15) is 37.9 Å². The molecule has 0 aliphatic rings. The maximum atomic E-state index is 13.7. The molecular formula is C19H26FN. The summed E-state index contributed by atoms with van der Waals surface area (Å²) in [5.74, 6) is 0.0625. The van der Waals surface area contributed by atoms with Crippen molar-refractivity contribution < 1.29 is 4.39 Å². The molecule has 1 rings (SSSR count). The fourth-order valence-electron chi connectivity index (χ4n) is 2.43. The van der Waals surface area contributed by atoms with E-state index >= 15 is 0 Å². The Morgan fingerprint density at radius 3 is 2.29 bits per heavy atom. The number of allylic oxidation sites excluding steroid dienone is 1. The van der Waals surface area contributed by atoms with Crippen LogP contribution in [0.2, 0.25) is 0 Å². The maximum absolute atomic E-state index is 13.7. The molecule has 0 saturated heterocycles. The predicted octanol–water partition coefficient (Wildman–Crippen LogP) is 5.41. The quantitative estimate of drug-likeness (QED) is 0.606. The van der Waals surface area contributed by atoms with Crippen LogP contribution in [-0.2, 0) is 0 Å². The molecule has 0 heterocycles. The highest BCUT2D eigenvalue weighted by Crippen LogP contribution is 2.32. The first kappa shape index (κ1) is 17.2. The van der Waals surface area contributed by atoms with E-state index in [4.69, 9.17) is 0 Å². The van der Waals surface area contributed by atoms with Crippen molar-refractivity contribution in [2.24, 2.45) is 5.92 Å². The molecule has 21 heavy (non-hydrogen) atoms. The maximum Gasteiger partial charge on any atom is 0.123 e. The summed E-state index contributed by atoms with van der Waals surface area (Å²) in [5, 5.41) is 0. The summed E-state index contributed by atoms with van der Waals surface area (Å²) in [5.41, 5.74) is 2.95. The first-order valence-electron chi connectivity index (χ1n) is 7.31. The highest BCUT2D eigenvalue weighted by Gasteiger charge is 2.25. The first-order chi connectivity index (χ1) is 9.83. The van der Waals surface area contributed by atoms with Crippen LogP contribution in [0.15, 0.2) is 55.8 Å². The molecule has 1 aromatic rings. The van der Waals surface area contributed by atoms with Crippen molar-refractivity contribution in [1.82, 2.24) is 4.90 Å². The van der Waals surface area contributed by atoms with Crippen molar-refractivity contribution in [2.75, 3.05) is 0 Å². The van der Waals surface area contributed by atoms with Crippen LogP contribution in [0.3, 0.4) is 0 Å². The minimum Gasteiger partial charge on any atom is -0.358 e. The van der Waals surface area contributed by atoms with Crippen LogP contribution in [0.5, 0.6) is 0 Å². The first-order valence-corrected chi connectivity index (χ1v) is 7.31. The number of halogens is 1. The summed E-state index contributed by atoms with van der Waals surface area (Å²) in [6.07, 6.45) is 3.72. The van der Waals surface area contributed by atoms with Crippen LogP contribution in [0.4, 0.5) is 4.39 Å². The third kappa shape index (κ3) is 3.84. The van der Waals surface area contributed by atoms with Gasteiger partial charge >= 0.3 is 0 Å². The summed E-state index contributed by atoms with van der Waals surface area (Å²) in [4.78, 5) is 2.16. The molecule has 0 bridgehead atoms. The van der Waals surface area contributed by atoms with E-state index < -0.39 is 0 Å². The highest BCUT2D eigenvalue weighted by atomic mass is 19.1. The SMILES string of the molecule is C=CC(C)N(C(=C)C(C)C)[C@@H](C=C)c1cc(F)ccc1C. The lowest BCUT2D eigenvalue weighted by molar-refractivity contribution is 0.238. The van der Waals surface area contributed by atoms with Gasteiger partial charge < -0.3 is 4.90 Å². The second kappa shape index (κ2) is 7.26. The predicted molar refractivity (Wildman–Crippen MR) is 89.6 cm³/mol. The van der Waals surface area contributed by atoms with Crippen molar-refractivity contribution in [3.05, 3.63) is 72.7 Å². The van der Waals surface area contributed by atoms with Gasteiger partial charge in [0, 0.05) is 11.7 Å². The number of aryl methyl sites for hydroxylation is 1. The van der Waals surface area contributed by atoms with Gasteiger partial charge in [-0.25, -0.2) is 4.39 Å². The number of hydrogen-bond donors (Lipinski definition) is 0. The van der Waals surface area contributed by atoms with E-state index in [-0.39, 0.29) is 17.9 Å². The van der Waals surface area contributed by atoms with Gasteiger partial charge in [-0.2, -0.15) is 0 Å². The third-order valence-corrected chi connectivity index (χ3v) is 3.86. The Morgan fingerprint density at radius 1 is 1.19 bits per heavy atom. The Balaban J connectivity index is 3.36. The standard InChI is InChI=1S/C19H26FN/c1-8-15(6)21(16(7)13(3)4)19(9-2)18-12-17(20)11-10-14(18)5/h8-13,15,19H,1-2,7H2,3-6H3/t15?,19-/m0/s1. The summed E-state index contributed by atoms with van der Waals surface area (Å²) in [6, 6.07) is 4.83. The molecule has 0 aliphatic heterocycles. The van der Waals surface area contributed by atoms with Crippen molar-refractivity contribution in [1.29, 1.82) is 0 Å². The topological polar surface area (TPSA) is 3.24 Å². The van der Waals surface area contributed by atoms with E-state index in [9.17, 15) is 4.39 Å². The van der Waals surface area contributed by atoms with Gasteiger partial charge in [-0.15, -0.1) is 13.2 Å². The Morgan fingerprint density at radius 2 is 1.81 bits per heavy atom. The zero-order valence-electron chi connectivity index (χ0n) is 13.6. The molecule has 1 unspecified atom stereocenters. The van der Waals surface area contributed by atoms with Crippen molar-refractivity contribution in [2.45, 2.75) is 39.8 Å². The molecule has 0 spiro atoms. The van der Waals surface area contributed by atoms with E-state index in [2.05, 4.69) is 45.4 Å². The summed E-state index contributed by atoms with van der Waals surface area (Å²) >= 11 is 0. The average Bonchev–Trinajstić information content (AvgIpc) is 2.46. The third-order valence-electron chi connectivity index (χ3n) is 3.86. The highest BCUT2D eigenvalue weighted by molar-refractivity contribution is 5.33. The van der Waals surface area contributed by atoms with Crippen LogP contribution < -0.4 is 0 Å². The van der Waals surface area contributed by atoms with Crippen molar-refractivity contribution >= 4 is 0 Å². The Kier molecular flexibility index (Phi) is 5.95. The normalized spacial score (nSPS) is 13.6. The molecule has 0 N–H and O–H groups in total. The molecule has 1 aromatic carbocycles. The molecule has 0 aromatic heterocycles. The Labute approximate surface area is 128 Å². The molecule has 0 amide bonds. The second-order valence-electron chi connectivity index (χ2n) is 5.71. The van der Waals surface area contributed by atoms with Gasteiger partial charge in [-0.05, 0) is 43.0 Å². The van der Waals surface area contributed by atoms with Gasteiger partial charge in [-0.3, -0.25) is 0 Å². The van der Waals surface area contributed by atoms with Gasteiger partial charge in [0.1, 0.15) is 5.82 Å². The smallest absolute Gasteiger partial charge is 0.123 e. The van der Waals surface area contributed by atoms with Gasteiger partial charge in [-0.1, -0.05) is 38.6 Å². The number of nitrogens with zero attached hydrogens (tertiary/aromatic N) is 1. The monoisotopic (exact) mass is 287 g/mol. The molecule has 1 nitrogen and oxygen atoms in total. The summed E-state index contributed by atoms with van der Waals surface area (Å²) < 4.78 is 13.7. The average molecular weight is 287 g/mol. The summed E-state index contributed by atoms with van der Waals surface area (Å²) in [7, 11) is 0. The van der Waals surface area contributed by atoms with E-state index in [0.717, 1.165) is 16.8 Å². The van der Waals surface area contributed by atoms with E-state index in [1.165, 1.54) is 6.07 Å². The molecule has 0 radical (unpaired) electrons. The Hall–Kier alpha value is -1.83. The Bertz CT molecular complexity index is 530. The molecule has 2 atom stereocenters. The molecular weight excluding hydrogens is 261 g/mol. The fraction of sp³-hybridized carbons (Fsp3) is 0.368. The van der Waals surface area contributed by atoms with E-state index in [1.54, 1.807) is 12.1 Å². The van der Waals surface area contributed by atoms with Gasteiger partial charge in [0.15, 0.2) is 0 Å². The number of benzene rings is 1. The van der Waals surface area contributed by atoms with E-state index in [0.29, 0.717) is 5.92 Å². The summed E-state index contributed by atoms with van der Waals surface area (Å²) in [6.45, 7) is 20.3. The van der Waals surface area contributed by atoms with Gasteiger partial charge in [0.05, 0.1) is 6.04 Å². The van der Waals surface area contributed by atoms with Crippen LogP contribution in [0.25, 0.3) is 0 Å². The minimum atomic E-state index is -0.233. The zero-order chi connectivity index (χ0) is 16.2. The largest absolute Gasteiger partial charge is 0.358 e. The molecule has 114 valence electrons. The van der Waals surface area contributed by atoms with Crippen molar-refractivity contribution in [3.63, 3.8) is 0 Å². The number of hydrogen-bond acceptors (Lipinski definition) is 1. The lowest BCUT2D eigenvalue weighted by Crippen LogP contribution is -2.35. The molecule has 2 heteroatoms. The zero-order valence-corrected chi connectivity index (χ0v) is 13.6. The van der Waals surface area contributed by atoms with Crippen LogP contribution in [0, 0.1) is 18.7 Å². The van der Waals surface area contributed by atoms with Gasteiger partial charge in [0.25, 0.3) is 0 Å². The van der Waals surface area contributed by atoms with Crippen molar-refractivity contribution in [3.8, 4) is 0 Å². The molecule has 0 fully saturated rings. The van der Waals surface area contributed by atoms with E-state index in [1.807, 2.05) is 19.1 Å². The molecule has 0 saturated carbocycles. The number of rotatable bonds is 7. The van der Waals surface area contributed by atoms with Crippen LogP contribution >= 0.6 is 0 Å². The lowest BCUT2D eigenvalue weighted by atomic mass is 9.96. The second-order valence-corrected chi connectivity index (χ2v) is 5.71. The van der Waals surface area contributed by atoms with Gasteiger partial charge in [0.2, 0.25) is 0 Å². The minimum absolute atomic E-state index is 0.0885.